The van der Waals surface area contributed by atoms with Gasteiger partial charge in [0.15, 0.2) is 5.43 Å². The first kappa shape index (κ1) is 11.8. The minimum atomic E-state index is -2.91. The van der Waals surface area contributed by atoms with Crippen molar-refractivity contribution in [1.29, 1.82) is 0 Å². The van der Waals surface area contributed by atoms with Crippen LogP contribution >= 0.6 is 15.9 Å². The Labute approximate surface area is 91.1 Å². The number of aromatic nitrogens is 1. The normalized spacial score (nSPS) is 10.7. The monoisotopic (exact) mass is 281 g/mol. The largest absolute Gasteiger partial charge is 0.477 e. The molecule has 0 saturated heterocycles. The molecule has 0 aliphatic rings. The second-order valence-corrected chi connectivity index (χ2v) is 3.24. The number of halogens is 3. The Balaban J connectivity index is 3.46. The number of carbonyl (C=O) groups is 1. The summed E-state index contributed by atoms with van der Waals surface area (Å²) in [5, 5.41) is 8.50. The summed E-state index contributed by atoms with van der Waals surface area (Å²) in [6.07, 6.45) is -2.91. The minimum absolute atomic E-state index is 0.0537. The predicted octanol–water partition coefficient (Wildman–Crippen LogP) is 1.91. The fourth-order valence-electron chi connectivity index (χ4n) is 1.05. The second-order valence-electron chi connectivity index (χ2n) is 2.68. The van der Waals surface area contributed by atoms with Crippen molar-refractivity contribution in [3.63, 3.8) is 0 Å². The third kappa shape index (κ3) is 2.41. The van der Waals surface area contributed by atoms with Crippen LogP contribution in [0.4, 0.5) is 8.78 Å². The Bertz CT molecular complexity index is 444. The molecule has 1 heterocycles. The molecule has 0 aliphatic heterocycles. The molecule has 0 aliphatic carbocycles. The molecule has 0 atom stereocenters. The van der Waals surface area contributed by atoms with E-state index < -0.39 is 29.2 Å². The number of aromatic amines is 1. The molecule has 1 rings (SSSR count). The van der Waals surface area contributed by atoms with Gasteiger partial charge in [0.1, 0.15) is 5.69 Å². The van der Waals surface area contributed by atoms with Gasteiger partial charge in [-0.15, -0.1) is 0 Å². The molecule has 0 radical (unpaired) electrons. The molecule has 82 valence electrons. The van der Waals surface area contributed by atoms with Gasteiger partial charge in [0, 0.05) is 17.0 Å². The van der Waals surface area contributed by atoms with Gasteiger partial charge in [-0.05, 0) is 0 Å². The number of aromatic carboxylic acids is 1. The number of pyridine rings is 1. The van der Waals surface area contributed by atoms with Crippen molar-refractivity contribution in [2.75, 3.05) is 0 Å². The Hall–Kier alpha value is -1.24. The predicted molar refractivity (Wildman–Crippen MR) is 51.6 cm³/mol. The standard InChI is InChI=1S/C8H6BrF2NO3/c9-2-3-5(13)1-4(8(14)15)12-6(3)7(10)11/h1,7H,2H2,(H,12,13)(H,14,15). The van der Waals surface area contributed by atoms with Crippen molar-refractivity contribution < 1.29 is 18.7 Å². The molecular weight excluding hydrogens is 276 g/mol. The maximum atomic E-state index is 12.5. The third-order valence-electron chi connectivity index (χ3n) is 1.75. The number of carboxylic acids is 1. The molecule has 0 amide bonds. The average molecular weight is 282 g/mol. The van der Waals surface area contributed by atoms with E-state index in [2.05, 4.69) is 15.9 Å². The average Bonchev–Trinajstić information content (AvgIpc) is 2.16. The van der Waals surface area contributed by atoms with Crippen LogP contribution in [0.2, 0.25) is 0 Å². The van der Waals surface area contributed by atoms with Gasteiger partial charge in [0.05, 0.1) is 5.69 Å². The van der Waals surface area contributed by atoms with Gasteiger partial charge in [-0.3, -0.25) is 4.79 Å². The van der Waals surface area contributed by atoms with Gasteiger partial charge in [-0.1, -0.05) is 15.9 Å². The molecule has 1 aromatic heterocycles. The second kappa shape index (κ2) is 4.52. The van der Waals surface area contributed by atoms with E-state index in [1.54, 1.807) is 0 Å². The van der Waals surface area contributed by atoms with Crippen LogP contribution in [-0.4, -0.2) is 16.1 Å². The third-order valence-corrected chi connectivity index (χ3v) is 2.31. The van der Waals surface area contributed by atoms with Gasteiger partial charge >= 0.3 is 5.97 Å². The first-order valence-corrected chi connectivity index (χ1v) is 4.93. The number of nitrogens with one attached hydrogen (secondary N) is 1. The van der Waals surface area contributed by atoms with Gasteiger partial charge in [0.2, 0.25) is 0 Å². The van der Waals surface area contributed by atoms with Gasteiger partial charge in [-0.25, -0.2) is 13.6 Å². The smallest absolute Gasteiger partial charge is 0.352 e. The molecule has 0 fully saturated rings. The number of hydrogen-bond acceptors (Lipinski definition) is 2. The van der Waals surface area contributed by atoms with E-state index in [0.717, 1.165) is 6.07 Å². The quantitative estimate of drug-likeness (QED) is 0.832. The van der Waals surface area contributed by atoms with E-state index >= 15 is 0 Å². The lowest BCUT2D eigenvalue weighted by Crippen LogP contribution is -2.17. The summed E-state index contributed by atoms with van der Waals surface area (Å²) in [5.41, 5.74) is -2.08. The maximum Gasteiger partial charge on any atom is 0.352 e. The van der Waals surface area contributed by atoms with E-state index in [9.17, 15) is 18.4 Å². The van der Waals surface area contributed by atoms with Crippen LogP contribution in [0.3, 0.4) is 0 Å². The molecule has 7 heteroatoms. The summed E-state index contributed by atoms with van der Waals surface area (Å²) in [7, 11) is 0. The van der Waals surface area contributed by atoms with Gasteiger partial charge in [0.25, 0.3) is 6.43 Å². The highest BCUT2D eigenvalue weighted by atomic mass is 79.9. The van der Waals surface area contributed by atoms with Crippen LogP contribution in [0.5, 0.6) is 0 Å². The fraction of sp³-hybridized carbons (Fsp3) is 0.250. The minimum Gasteiger partial charge on any atom is -0.477 e. The van der Waals surface area contributed by atoms with Crippen LogP contribution in [0, 0.1) is 0 Å². The lowest BCUT2D eigenvalue weighted by atomic mass is 10.2. The number of hydrogen-bond donors (Lipinski definition) is 2. The zero-order valence-corrected chi connectivity index (χ0v) is 8.85. The molecule has 0 saturated carbocycles. The van der Waals surface area contributed by atoms with E-state index in [0.29, 0.717) is 0 Å². The fourth-order valence-corrected chi connectivity index (χ4v) is 1.63. The molecule has 0 unspecified atom stereocenters. The number of carboxylic acid groups (broad SMARTS) is 1. The lowest BCUT2D eigenvalue weighted by Gasteiger charge is -2.06. The summed E-state index contributed by atoms with van der Waals surface area (Å²) < 4.78 is 24.9. The zero-order chi connectivity index (χ0) is 11.6. The summed E-state index contributed by atoms with van der Waals surface area (Å²) >= 11 is 2.89. The van der Waals surface area contributed by atoms with Crippen molar-refractivity contribution >= 4 is 21.9 Å². The van der Waals surface area contributed by atoms with Crippen molar-refractivity contribution in [3.05, 3.63) is 33.2 Å². The molecule has 4 nitrogen and oxygen atoms in total. The van der Waals surface area contributed by atoms with Crippen LogP contribution in [0.1, 0.15) is 28.2 Å². The molecule has 0 aromatic carbocycles. The van der Waals surface area contributed by atoms with Crippen molar-refractivity contribution in [2.24, 2.45) is 0 Å². The van der Waals surface area contributed by atoms with Crippen LogP contribution in [0.25, 0.3) is 0 Å². The highest BCUT2D eigenvalue weighted by Crippen LogP contribution is 2.20. The van der Waals surface area contributed by atoms with E-state index in [-0.39, 0.29) is 10.9 Å². The first-order chi connectivity index (χ1) is 6.97. The van der Waals surface area contributed by atoms with Crippen molar-refractivity contribution in [3.8, 4) is 0 Å². The summed E-state index contributed by atoms with van der Waals surface area (Å²) in [6.45, 7) is 0. The van der Waals surface area contributed by atoms with E-state index in [4.69, 9.17) is 5.11 Å². The molecule has 0 spiro atoms. The topological polar surface area (TPSA) is 70.2 Å². The van der Waals surface area contributed by atoms with E-state index in [1.807, 2.05) is 4.98 Å². The summed E-state index contributed by atoms with van der Waals surface area (Å²) in [4.78, 5) is 23.8. The number of H-pyrrole nitrogens is 1. The summed E-state index contributed by atoms with van der Waals surface area (Å²) in [6, 6.07) is 0.783. The summed E-state index contributed by atoms with van der Waals surface area (Å²) in [5.74, 6) is -1.45. The Morgan fingerprint density at radius 1 is 1.60 bits per heavy atom. The van der Waals surface area contributed by atoms with E-state index in [1.165, 1.54) is 0 Å². The van der Waals surface area contributed by atoms with Gasteiger partial charge < -0.3 is 10.1 Å². The van der Waals surface area contributed by atoms with Crippen LogP contribution in [-0.2, 0) is 5.33 Å². The molecular formula is C8H6BrF2NO3. The van der Waals surface area contributed by atoms with Crippen molar-refractivity contribution in [2.45, 2.75) is 11.8 Å². The van der Waals surface area contributed by atoms with Crippen LogP contribution in [0.15, 0.2) is 10.9 Å². The lowest BCUT2D eigenvalue weighted by molar-refractivity contribution is 0.0688. The highest BCUT2D eigenvalue weighted by molar-refractivity contribution is 9.08. The first-order valence-electron chi connectivity index (χ1n) is 3.81. The maximum absolute atomic E-state index is 12.5. The number of alkyl halides is 3. The highest BCUT2D eigenvalue weighted by Gasteiger charge is 2.18. The van der Waals surface area contributed by atoms with Gasteiger partial charge in [-0.2, -0.15) is 0 Å². The van der Waals surface area contributed by atoms with Crippen molar-refractivity contribution in [1.82, 2.24) is 4.98 Å². The molecule has 1 aromatic rings. The Morgan fingerprint density at radius 2 is 2.20 bits per heavy atom. The zero-order valence-electron chi connectivity index (χ0n) is 7.26. The Kier molecular flexibility index (Phi) is 3.57. The molecule has 15 heavy (non-hydrogen) atoms. The Morgan fingerprint density at radius 3 is 2.60 bits per heavy atom. The SMILES string of the molecule is O=C(O)c1cc(=O)c(CBr)c(C(F)F)[nH]1. The van der Waals surface area contributed by atoms with Crippen LogP contribution < -0.4 is 5.43 Å². The number of rotatable bonds is 3. The molecule has 0 bridgehead atoms. The molecule has 2 N–H and O–H groups in total.